The van der Waals surface area contributed by atoms with Crippen molar-refractivity contribution in [3.05, 3.63) is 59.9 Å². The van der Waals surface area contributed by atoms with Crippen LogP contribution in [0.3, 0.4) is 0 Å². The Kier molecular flexibility index (Phi) is 7.71. The van der Waals surface area contributed by atoms with E-state index in [1.54, 1.807) is 7.11 Å². The minimum Gasteiger partial charge on any atom is -0.382 e. The van der Waals surface area contributed by atoms with Crippen molar-refractivity contribution < 1.29 is 27.1 Å². The third kappa shape index (κ3) is 6.31. The van der Waals surface area contributed by atoms with Crippen molar-refractivity contribution in [1.82, 2.24) is 5.32 Å². The first-order valence-electron chi connectivity index (χ1n) is 8.16. The smallest absolute Gasteiger partial charge is 0.262 e. The maximum absolute atomic E-state index is 13.7. The highest BCUT2D eigenvalue weighted by Gasteiger charge is 2.18. The predicted octanol–water partition coefficient (Wildman–Crippen LogP) is 2.02. The average molecular weight is 396 g/mol. The van der Waals surface area contributed by atoms with Crippen LogP contribution in [0.4, 0.5) is 10.1 Å². The normalized spacial score (nSPS) is 11.2. The van der Waals surface area contributed by atoms with Gasteiger partial charge in [-0.2, -0.15) is 0 Å². The van der Waals surface area contributed by atoms with E-state index in [9.17, 15) is 17.6 Å². The number of sulfonamides is 1. The van der Waals surface area contributed by atoms with Gasteiger partial charge in [0.2, 0.25) is 0 Å². The van der Waals surface area contributed by atoms with Gasteiger partial charge < -0.3 is 14.8 Å². The topological polar surface area (TPSA) is 93.7 Å². The highest BCUT2D eigenvalue weighted by Crippen LogP contribution is 2.19. The molecule has 2 N–H and O–H groups in total. The fraction of sp³-hybridized carbons (Fsp3) is 0.278. The molecule has 0 bridgehead atoms. The number of nitrogens with one attached hydrogen (secondary N) is 2. The van der Waals surface area contributed by atoms with Crippen LogP contribution in [-0.2, 0) is 19.5 Å². The van der Waals surface area contributed by atoms with Gasteiger partial charge in [-0.15, -0.1) is 0 Å². The molecule has 7 nitrogen and oxygen atoms in total. The molecule has 146 valence electrons. The van der Waals surface area contributed by atoms with Gasteiger partial charge >= 0.3 is 0 Å². The van der Waals surface area contributed by atoms with E-state index in [4.69, 9.17) is 9.47 Å². The summed E-state index contributed by atoms with van der Waals surface area (Å²) in [4.78, 5) is 12.0. The van der Waals surface area contributed by atoms with Gasteiger partial charge in [0.05, 0.1) is 30.4 Å². The molecule has 0 fully saturated rings. The van der Waals surface area contributed by atoms with E-state index in [-0.39, 0.29) is 22.7 Å². The summed E-state index contributed by atoms with van der Waals surface area (Å²) in [6, 6.07) is 10.9. The van der Waals surface area contributed by atoms with E-state index in [0.29, 0.717) is 19.8 Å². The summed E-state index contributed by atoms with van der Waals surface area (Å²) in [6.07, 6.45) is 0. The van der Waals surface area contributed by atoms with Crippen LogP contribution in [0.25, 0.3) is 0 Å². The number of ether oxygens (including phenoxy) is 2. The molecule has 0 saturated carbocycles. The summed E-state index contributed by atoms with van der Waals surface area (Å²) in [7, 11) is -2.47. The minimum absolute atomic E-state index is 0.144. The lowest BCUT2D eigenvalue weighted by molar-refractivity contribution is 0.0692. The monoisotopic (exact) mass is 396 g/mol. The van der Waals surface area contributed by atoms with Crippen LogP contribution >= 0.6 is 0 Å². The van der Waals surface area contributed by atoms with Crippen molar-refractivity contribution in [1.29, 1.82) is 0 Å². The molecule has 2 aromatic carbocycles. The molecule has 2 aromatic rings. The molecule has 1 amide bonds. The Hall–Kier alpha value is -2.49. The number of rotatable bonds is 10. The zero-order valence-corrected chi connectivity index (χ0v) is 15.6. The Bertz CT molecular complexity index is 874. The van der Waals surface area contributed by atoms with Crippen LogP contribution in [-0.4, -0.2) is 47.8 Å². The van der Waals surface area contributed by atoms with Gasteiger partial charge in [-0.3, -0.25) is 9.52 Å². The molecule has 0 unspecified atom stereocenters. The first-order chi connectivity index (χ1) is 12.9. The summed E-state index contributed by atoms with van der Waals surface area (Å²) in [5, 5.41) is 2.63. The zero-order valence-electron chi connectivity index (χ0n) is 14.8. The van der Waals surface area contributed by atoms with E-state index >= 15 is 0 Å². The first kappa shape index (κ1) is 20.8. The molecule has 9 heteroatoms. The molecule has 0 saturated heterocycles. The highest BCUT2D eigenvalue weighted by molar-refractivity contribution is 7.92. The van der Waals surface area contributed by atoms with Crippen LogP contribution in [0.15, 0.2) is 53.4 Å². The summed E-state index contributed by atoms with van der Waals surface area (Å²) >= 11 is 0. The molecule has 0 aromatic heterocycles. The Morgan fingerprint density at radius 2 is 1.85 bits per heavy atom. The van der Waals surface area contributed by atoms with Crippen molar-refractivity contribution in [2.24, 2.45) is 0 Å². The maximum Gasteiger partial charge on any atom is 0.262 e. The van der Waals surface area contributed by atoms with Crippen molar-refractivity contribution in [3.63, 3.8) is 0 Å². The fourth-order valence-electron chi connectivity index (χ4n) is 2.14. The van der Waals surface area contributed by atoms with Gasteiger partial charge in [-0.1, -0.05) is 18.2 Å². The summed E-state index contributed by atoms with van der Waals surface area (Å²) in [6.45, 7) is 1.46. The van der Waals surface area contributed by atoms with Crippen LogP contribution < -0.4 is 10.0 Å². The Labute approximate surface area is 157 Å². The van der Waals surface area contributed by atoms with Crippen LogP contribution in [0.5, 0.6) is 0 Å². The molecule has 0 aliphatic carbocycles. The molecule has 2 rings (SSSR count). The SMILES string of the molecule is COCCOCCNC(=O)c1cccc(S(=O)(=O)Nc2ccccc2F)c1. The number of hydrogen-bond acceptors (Lipinski definition) is 5. The van der Waals surface area contributed by atoms with E-state index < -0.39 is 21.7 Å². The van der Waals surface area contributed by atoms with Crippen molar-refractivity contribution in [2.75, 3.05) is 38.2 Å². The van der Waals surface area contributed by atoms with Crippen LogP contribution in [0, 0.1) is 5.82 Å². The van der Waals surface area contributed by atoms with E-state index in [0.717, 1.165) is 6.07 Å². The molecule has 27 heavy (non-hydrogen) atoms. The first-order valence-corrected chi connectivity index (χ1v) is 9.64. The van der Waals surface area contributed by atoms with Gasteiger partial charge in [-0.05, 0) is 30.3 Å². The second-order valence-electron chi connectivity index (χ2n) is 5.47. The largest absolute Gasteiger partial charge is 0.382 e. The fourth-order valence-corrected chi connectivity index (χ4v) is 3.25. The quantitative estimate of drug-likeness (QED) is 0.600. The minimum atomic E-state index is -4.04. The maximum atomic E-state index is 13.7. The molecule has 0 radical (unpaired) electrons. The van der Waals surface area contributed by atoms with E-state index in [1.807, 2.05) is 0 Å². The van der Waals surface area contributed by atoms with Crippen molar-refractivity contribution in [2.45, 2.75) is 4.90 Å². The molecule has 0 heterocycles. The lowest BCUT2D eigenvalue weighted by atomic mass is 10.2. The molecular weight excluding hydrogens is 375 g/mol. The molecule has 0 aliphatic rings. The van der Waals surface area contributed by atoms with Crippen molar-refractivity contribution >= 4 is 21.6 Å². The number of carbonyl (C=O) groups excluding carboxylic acids is 1. The lowest BCUT2D eigenvalue weighted by Gasteiger charge is -2.10. The predicted molar refractivity (Wildman–Crippen MR) is 98.7 cm³/mol. The summed E-state index contributed by atoms with van der Waals surface area (Å²) in [5.74, 6) is -1.13. The summed E-state index contributed by atoms with van der Waals surface area (Å²) < 4.78 is 50.8. The average Bonchev–Trinajstić information content (AvgIpc) is 2.66. The van der Waals surface area contributed by atoms with Gasteiger partial charge in [0.15, 0.2) is 0 Å². The summed E-state index contributed by atoms with van der Waals surface area (Å²) in [5.41, 5.74) is 0.00358. The number of benzene rings is 2. The number of hydrogen-bond donors (Lipinski definition) is 2. The Morgan fingerprint density at radius 1 is 1.07 bits per heavy atom. The molecule has 0 spiro atoms. The molecule has 0 aliphatic heterocycles. The van der Waals surface area contributed by atoms with E-state index in [2.05, 4.69) is 10.0 Å². The van der Waals surface area contributed by atoms with Gasteiger partial charge in [0.25, 0.3) is 15.9 Å². The zero-order chi connectivity index (χ0) is 19.7. The lowest BCUT2D eigenvalue weighted by Crippen LogP contribution is -2.28. The third-order valence-electron chi connectivity index (χ3n) is 3.49. The van der Waals surface area contributed by atoms with Crippen molar-refractivity contribution in [3.8, 4) is 0 Å². The number of methoxy groups -OCH3 is 1. The third-order valence-corrected chi connectivity index (χ3v) is 4.85. The van der Waals surface area contributed by atoms with E-state index in [1.165, 1.54) is 42.5 Å². The number of amides is 1. The van der Waals surface area contributed by atoms with Gasteiger partial charge in [-0.25, -0.2) is 12.8 Å². The Morgan fingerprint density at radius 3 is 2.59 bits per heavy atom. The number of halogens is 1. The second kappa shape index (κ2) is 10.0. The number of anilines is 1. The van der Waals surface area contributed by atoms with Gasteiger partial charge in [0, 0.05) is 19.2 Å². The Balaban J connectivity index is 2.01. The number of para-hydroxylation sites is 1. The molecular formula is C18H21FN2O5S. The standard InChI is InChI=1S/C18H21FN2O5S/c1-25-11-12-26-10-9-20-18(22)14-5-4-6-15(13-14)27(23,24)21-17-8-3-2-7-16(17)19/h2-8,13,21H,9-12H2,1H3,(H,20,22). The van der Waals surface area contributed by atoms with Gasteiger partial charge in [0.1, 0.15) is 5.82 Å². The second-order valence-corrected chi connectivity index (χ2v) is 7.16. The number of carbonyl (C=O) groups is 1. The molecule has 0 atom stereocenters. The highest BCUT2D eigenvalue weighted by atomic mass is 32.2. The van der Waals surface area contributed by atoms with Crippen LogP contribution in [0.2, 0.25) is 0 Å². The van der Waals surface area contributed by atoms with Crippen LogP contribution in [0.1, 0.15) is 10.4 Å².